The Morgan fingerprint density at radius 3 is 2.76 bits per heavy atom. The van der Waals surface area contributed by atoms with Crippen LogP contribution in [0.4, 0.5) is 4.39 Å². The minimum absolute atomic E-state index is 0.0761. The first-order valence-electron chi connectivity index (χ1n) is 6.17. The molecule has 6 heteroatoms. The lowest BCUT2D eigenvalue weighted by Gasteiger charge is -1.99. The van der Waals surface area contributed by atoms with Gasteiger partial charge in [-0.05, 0) is 11.6 Å². The largest absolute Gasteiger partial charge is 0.333 e. The van der Waals surface area contributed by atoms with Gasteiger partial charge in [-0.25, -0.2) is 9.37 Å². The third-order valence-electron chi connectivity index (χ3n) is 2.99. The summed E-state index contributed by atoms with van der Waals surface area (Å²) < 4.78 is 13.4. The number of fused-ring (bicyclic) bond motifs is 1. The Hall–Kier alpha value is -1.85. The lowest BCUT2D eigenvalue weighted by atomic mass is 10.2. The Bertz CT molecular complexity index is 762. The molecule has 3 aromatic rings. The number of hydrogen-bond acceptors (Lipinski definition) is 3. The van der Waals surface area contributed by atoms with Crippen LogP contribution in [0, 0.1) is 5.82 Å². The van der Waals surface area contributed by atoms with Crippen molar-refractivity contribution in [3.8, 4) is 0 Å². The van der Waals surface area contributed by atoms with Gasteiger partial charge in [0, 0.05) is 17.4 Å². The number of hydrogen-bond donors (Lipinski definition) is 1. The van der Waals surface area contributed by atoms with E-state index in [0.717, 1.165) is 11.8 Å². The molecule has 106 valence electrons. The van der Waals surface area contributed by atoms with Crippen molar-refractivity contribution >= 4 is 40.7 Å². The number of aromatic amines is 1. The van der Waals surface area contributed by atoms with E-state index < -0.39 is 5.82 Å². The molecule has 0 atom stereocenters. The zero-order valence-corrected chi connectivity index (χ0v) is 12.3. The van der Waals surface area contributed by atoms with Crippen molar-refractivity contribution in [1.29, 1.82) is 0 Å². The van der Waals surface area contributed by atoms with Crippen LogP contribution < -0.4 is 0 Å². The second-order valence-corrected chi connectivity index (χ2v) is 5.84. The molecule has 1 aromatic heterocycles. The summed E-state index contributed by atoms with van der Waals surface area (Å²) >= 11 is 7.24. The standard InChI is InChI=1S/C15H10ClFN2OS/c16-11-5-13-14(6-12(11)17)19-15(18-13)21-8-10-3-1-9(7-20)2-4-10/h1-7H,8H2,(H,18,19). The minimum Gasteiger partial charge on any atom is -0.333 e. The number of halogens is 2. The van der Waals surface area contributed by atoms with Gasteiger partial charge in [-0.2, -0.15) is 0 Å². The first-order valence-corrected chi connectivity index (χ1v) is 7.54. The van der Waals surface area contributed by atoms with Crippen LogP contribution in [0.15, 0.2) is 41.6 Å². The van der Waals surface area contributed by atoms with E-state index in [-0.39, 0.29) is 5.02 Å². The average Bonchev–Trinajstić information content (AvgIpc) is 2.88. The molecule has 0 aliphatic heterocycles. The molecule has 0 saturated carbocycles. The van der Waals surface area contributed by atoms with Crippen molar-refractivity contribution in [3.63, 3.8) is 0 Å². The fourth-order valence-electron chi connectivity index (χ4n) is 1.89. The number of aldehydes is 1. The van der Waals surface area contributed by atoms with E-state index in [4.69, 9.17) is 11.6 Å². The maximum Gasteiger partial charge on any atom is 0.166 e. The van der Waals surface area contributed by atoms with Crippen LogP contribution in [0.5, 0.6) is 0 Å². The molecule has 0 amide bonds. The third kappa shape index (κ3) is 3.09. The van der Waals surface area contributed by atoms with Crippen molar-refractivity contribution in [3.05, 3.63) is 58.4 Å². The lowest BCUT2D eigenvalue weighted by molar-refractivity contribution is 0.112. The zero-order chi connectivity index (χ0) is 14.8. The summed E-state index contributed by atoms with van der Waals surface area (Å²) in [6.07, 6.45) is 0.814. The van der Waals surface area contributed by atoms with E-state index in [9.17, 15) is 9.18 Å². The van der Waals surface area contributed by atoms with Crippen LogP contribution in [0.3, 0.4) is 0 Å². The molecule has 0 spiro atoms. The quantitative estimate of drug-likeness (QED) is 0.570. The number of carbonyl (C=O) groups is 1. The average molecular weight is 321 g/mol. The monoisotopic (exact) mass is 320 g/mol. The van der Waals surface area contributed by atoms with Gasteiger partial charge in [0.1, 0.15) is 12.1 Å². The third-order valence-corrected chi connectivity index (χ3v) is 4.23. The maximum atomic E-state index is 13.4. The summed E-state index contributed by atoms with van der Waals surface area (Å²) in [7, 11) is 0. The van der Waals surface area contributed by atoms with Crippen LogP contribution >= 0.6 is 23.4 Å². The smallest absolute Gasteiger partial charge is 0.166 e. The van der Waals surface area contributed by atoms with Gasteiger partial charge in [0.25, 0.3) is 0 Å². The Morgan fingerprint density at radius 2 is 2.05 bits per heavy atom. The Kier molecular flexibility index (Phi) is 3.94. The predicted molar refractivity (Wildman–Crippen MR) is 82.5 cm³/mol. The maximum absolute atomic E-state index is 13.4. The van der Waals surface area contributed by atoms with Crippen LogP contribution in [-0.4, -0.2) is 16.3 Å². The van der Waals surface area contributed by atoms with E-state index in [1.54, 1.807) is 12.1 Å². The SMILES string of the molecule is O=Cc1ccc(CSc2nc3cc(F)c(Cl)cc3[nH]2)cc1. The van der Waals surface area contributed by atoms with E-state index in [0.29, 0.717) is 27.5 Å². The first-order chi connectivity index (χ1) is 10.2. The number of nitrogens with zero attached hydrogens (tertiary/aromatic N) is 1. The molecule has 3 rings (SSSR count). The van der Waals surface area contributed by atoms with Gasteiger partial charge in [0.2, 0.25) is 0 Å². The number of carbonyl (C=O) groups excluding carboxylic acids is 1. The Balaban J connectivity index is 1.76. The summed E-state index contributed by atoms with van der Waals surface area (Å²) in [5.41, 5.74) is 2.99. The van der Waals surface area contributed by atoms with Crippen molar-refractivity contribution < 1.29 is 9.18 Å². The van der Waals surface area contributed by atoms with Crippen LogP contribution in [0.2, 0.25) is 5.02 Å². The van der Waals surface area contributed by atoms with Crippen LogP contribution in [-0.2, 0) is 5.75 Å². The number of rotatable bonds is 4. The van der Waals surface area contributed by atoms with Gasteiger partial charge < -0.3 is 4.98 Å². The van der Waals surface area contributed by atoms with Gasteiger partial charge >= 0.3 is 0 Å². The molecule has 1 N–H and O–H groups in total. The van der Waals surface area contributed by atoms with Crippen molar-refractivity contribution in [2.45, 2.75) is 10.9 Å². The summed E-state index contributed by atoms with van der Waals surface area (Å²) in [6, 6.07) is 10.2. The number of aromatic nitrogens is 2. The van der Waals surface area contributed by atoms with Gasteiger partial charge in [-0.3, -0.25) is 4.79 Å². The number of imidazole rings is 1. The molecule has 0 unspecified atom stereocenters. The van der Waals surface area contributed by atoms with Gasteiger partial charge in [0.05, 0.1) is 16.1 Å². The highest BCUT2D eigenvalue weighted by Gasteiger charge is 2.08. The highest BCUT2D eigenvalue weighted by Crippen LogP contribution is 2.26. The molecule has 2 aromatic carbocycles. The summed E-state index contributed by atoms with van der Waals surface area (Å²) in [4.78, 5) is 18.0. The number of benzene rings is 2. The van der Waals surface area contributed by atoms with Crippen molar-refractivity contribution in [1.82, 2.24) is 9.97 Å². The molecular formula is C15H10ClFN2OS. The number of thioether (sulfide) groups is 1. The predicted octanol–water partition coefficient (Wildman–Crippen LogP) is 4.46. The Labute approximate surface area is 129 Å². The molecule has 0 aliphatic rings. The highest BCUT2D eigenvalue weighted by atomic mass is 35.5. The minimum atomic E-state index is -0.475. The normalized spacial score (nSPS) is 11.0. The number of H-pyrrole nitrogens is 1. The zero-order valence-electron chi connectivity index (χ0n) is 10.8. The summed E-state index contributed by atoms with van der Waals surface area (Å²) in [5.74, 6) is 0.228. The van der Waals surface area contributed by atoms with Crippen LogP contribution in [0.25, 0.3) is 11.0 Å². The molecule has 0 bridgehead atoms. The topological polar surface area (TPSA) is 45.8 Å². The molecule has 0 saturated heterocycles. The van der Waals surface area contributed by atoms with Gasteiger partial charge in [-0.15, -0.1) is 0 Å². The van der Waals surface area contributed by atoms with Gasteiger partial charge in [-0.1, -0.05) is 47.6 Å². The fraction of sp³-hybridized carbons (Fsp3) is 0.0667. The fourth-order valence-corrected chi connectivity index (χ4v) is 2.90. The molecule has 21 heavy (non-hydrogen) atoms. The molecule has 0 radical (unpaired) electrons. The lowest BCUT2D eigenvalue weighted by Crippen LogP contribution is -1.84. The number of nitrogens with one attached hydrogen (secondary N) is 1. The molecule has 0 fully saturated rings. The van der Waals surface area contributed by atoms with Crippen molar-refractivity contribution in [2.75, 3.05) is 0 Å². The Morgan fingerprint density at radius 1 is 1.29 bits per heavy atom. The molecule has 3 nitrogen and oxygen atoms in total. The van der Waals surface area contributed by atoms with E-state index in [2.05, 4.69) is 9.97 Å². The molecule has 1 heterocycles. The van der Waals surface area contributed by atoms with Crippen molar-refractivity contribution in [2.24, 2.45) is 0 Å². The van der Waals surface area contributed by atoms with Crippen LogP contribution in [0.1, 0.15) is 15.9 Å². The summed E-state index contributed by atoms with van der Waals surface area (Å²) in [5, 5.41) is 0.776. The highest BCUT2D eigenvalue weighted by molar-refractivity contribution is 7.98. The molecule has 0 aliphatic carbocycles. The summed E-state index contributed by atoms with van der Waals surface area (Å²) in [6.45, 7) is 0. The molecular weight excluding hydrogens is 311 g/mol. The van der Waals surface area contributed by atoms with E-state index >= 15 is 0 Å². The second-order valence-electron chi connectivity index (χ2n) is 4.47. The van der Waals surface area contributed by atoms with E-state index in [1.165, 1.54) is 23.9 Å². The van der Waals surface area contributed by atoms with Gasteiger partial charge in [0.15, 0.2) is 5.16 Å². The second kappa shape index (κ2) is 5.87. The first kappa shape index (κ1) is 14.1. The van der Waals surface area contributed by atoms with E-state index in [1.807, 2.05) is 12.1 Å².